The van der Waals surface area contributed by atoms with Crippen molar-refractivity contribution in [1.82, 2.24) is 4.98 Å². The van der Waals surface area contributed by atoms with Crippen molar-refractivity contribution in [3.05, 3.63) is 29.1 Å². The molecule has 0 fully saturated rings. The van der Waals surface area contributed by atoms with E-state index in [1.54, 1.807) is 6.20 Å². The average molecular weight is 176 g/mol. The Morgan fingerprint density at radius 1 is 1.54 bits per heavy atom. The molecule has 2 rings (SSSR count). The topological polar surface area (TPSA) is 56.0 Å². The number of pyridine rings is 1. The van der Waals surface area contributed by atoms with Gasteiger partial charge < -0.3 is 5.73 Å². The highest BCUT2D eigenvalue weighted by Gasteiger charge is 2.24. The van der Waals surface area contributed by atoms with Gasteiger partial charge in [-0.3, -0.25) is 9.78 Å². The van der Waals surface area contributed by atoms with Gasteiger partial charge in [-0.1, -0.05) is 0 Å². The molecule has 0 bridgehead atoms. The lowest BCUT2D eigenvalue weighted by atomic mass is 9.89. The van der Waals surface area contributed by atoms with E-state index < -0.39 is 0 Å². The van der Waals surface area contributed by atoms with Crippen molar-refractivity contribution >= 4 is 5.78 Å². The van der Waals surface area contributed by atoms with E-state index in [1.807, 2.05) is 13.0 Å². The third-order valence-electron chi connectivity index (χ3n) is 2.42. The molecule has 1 aromatic heterocycles. The van der Waals surface area contributed by atoms with Gasteiger partial charge in [0, 0.05) is 30.6 Å². The summed E-state index contributed by atoms with van der Waals surface area (Å²) in [5.41, 5.74) is 8.41. The number of carbonyl (C=O) groups is 1. The first-order chi connectivity index (χ1) is 6.18. The molecule has 68 valence electrons. The van der Waals surface area contributed by atoms with Gasteiger partial charge in [-0.25, -0.2) is 0 Å². The minimum atomic E-state index is -0.0469. The van der Waals surface area contributed by atoms with Gasteiger partial charge in [0.05, 0.1) is 5.69 Å². The smallest absolute Gasteiger partial charge is 0.166 e. The Labute approximate surface area is 77.0 Å². The number of aryl methyl sites for hydroxylation is 1. The van der Waals surface area contributed by atoms with Crippen LogP contribution in [0.25, 0.3) is 0 Å². The van der Waals surface area contributed by atoms with Crippen molar-refractivity contribution in [2.24, 2.45) is 5.73 Å². The number of hydrogen-bond acceptors (Lipinski definition) is 3. The molecule has 0 amide bonds. The molecule has 0 aliphatic heterocycles. The maximum absolute atomic E-state index is 11.6. The number of ketones is 1. The molecule has 1 unspecified atom stereocenters. The number of Topliss-reactive ketones (excluding diaryl/α,β-unsaturated/α-hetero) is 1. The molecule has 1 aliphatic carbocycles. The fourth-order valence-corrected chi connectivity index (χ4v) is 1.81. The summed E-state index contributed by atoms with van der Waals surface area (Å²) in [6.07, 6.45) is 2.92. The first-order valence-electron chi connectivity index (χ1n) is 4.41. The van der Waals surface area contributed by atoms with E-state index >= 15 is 0 Å². The number of fused-ring (bicyclic) bond motifs is 1. The van der Waals surface area contributed by atoms with Crippen LogP contribution in [0.5, 0.6) is 0 Å². The summed E-state index contributed by atoms with van der Waals surface area (Å²) in [6.45, 7) is 1.94. The van der Waals surface area contributed by atoms with Gasteiger partial charge in [0.2, 0.25) is 0 Å². The lowest BCUT2D eigenvalue weighted by molar-refractivity contribution is 0.0963. The van der Waals surface area contributed by atoms with Gasteiger partial charge >= 0.3 is 0 Å². The zero-order valence-corrected chi connectivity index (χ0v) is 7.58. The number of rotatable bonds is 0. The fourth-order valence-electron chi connectivity index (χ4n) is 1.81. The number of hydrogen-bond donors (Lipinski definition) is 1. The molecular formula is C10H12N2O. The highest BCUT2D eigenvalue weighted by atomic mass is 16.1. The quantitative estimate of drug-likeness (QED) is 0.637. The third-order valence-corrected chi connectivity index (χ3v) is 2.42. The third kappa shape index (κ3) is 1.35. The van der Waals surface area contributed by atoms with E-state index in [1.165, 1.54) is 0 Å². The van der Waals surface area contributed by atoms with E-state index in [4.69, 9.17) is 5.73 Å². The van der Waals surface area contributed by atoms with Crippen molar-refractivity contribution in [1.29, 1.82) is 0 Å². The molecule has 3 heteroatoms. The van der Waals surface area contributed by atoms with Crippen molar-refractivity contribution in [3.63, 3.8) is 0 Å². The Morgan fingerprint density at radius 3 is 3.08 bits per heavy atom. The summed E-state index contributed by atoms with van der Waals surface area (Å²) in [4.78, 5) is 15.8. The molecule has 1 atom stereocenters. The zero-order valence-electron chi connectivity index (χ0n) is 7.58. The normalized spacial score (nSPS) is 21.4. The van der Waals surface area contributed by atoms with Gasteiger partial charge in [0.25, 0.3) is 0 Å². The van der Waals surface area contributed by atoms with Crippen LogP contribution in [-0.2, 0) is 6.42 Å². The van der Waals surface area contributed by atoms with Crippen LogP contribution in [0, 0.1) is 6.92 Å². The molecular weight excluding hydrogens is 164 g/mol. The lowest BCUT2D eigenvalue weighted by Gasteiger charge is -2.20. The second-order valence-corrected chi connectivity index (χ2v) is 3.54. The monoisotopic (exact) mass is 176 g/mol. The minimum Gasteiger partial charge on any atom is -0.327 e. The molecule has 13 heavy (non-hydrogen) atoms. The summed E-state index contributed by atoms with van der Waals surface area (Å²) in [7, 11) is 0. The fraction of sp³-hybridized carbons (Fsp3) is 0.400. The summed E-state index contributed by atoms with van der Waals surface area (Å²) >= 11 is 0. The first-order valence-corrected chi connectivity index (χ1v) is 4.41. The Bertz CT molecular complexity index is 360. The van der Waals surface area contributed by atoms with Gasteiger partial charge in [-0.05, 0) is 18.6 Å². The molecule has 0 saturated heterocycles. The Hall–Kier alpha value is -1.22. The molecule has 0 aromatic carbocycles. The van der Waals surface area contributed by atoms with Crippen molar-refractivity contribution in [2.45, 2.75) is 25.8 Å². The standard InChI is InChI=1S/C10H12N2O/c1-6-2-3-12-8-4-7(11)5-9(13)10(6)8/h2-3,7H,4-5,11H2,1H3. The molecule has 0 spiro atoms. The second-order valence-electron chi connectivity index (χ2n) is 3.54. The number of carbonyl (C=O) groups excluding carboxylic acids is 1. The molecule has 1 aliphatic rings. The summed E-state index contributed by atoms with van der Waals surface area (Å²) in [5, 5.41) is 0. The molecule has 3 nitrogen and oxygen atoms in total. The van der Waals surface area contributed by atoms with E-state index in [-0.39, 0.29) is 11.8 Å². The highest BCUT2D eigenvalue weighted by Crippen LogP contribution is 2.21. The van der Waals surface area contributed by atoms with Gasteiger partial charge in [-0.15, -0.1) is 0 Å². The Balaban J connectivity index is 2.55. The van der Waals surface area contributed by atoms with Gasteiger partial charge in [0.15, 0.2) is 5.78 Å². The molecule has 0 saturated carbocycles. The van der Waals surface area contributed by atoms with E-state index in [0.717, 1.165) is 23.2 Å². The van der Waals surface area contributed by atoms with Crippen molar-refractivity contribution in [3.8, 4) is 0 Å². The predicted molar refractivity (Wildman–Crippen MR) is 49.6 cm³/mol. The van der Waals surface area contributed by atoms with Crippen molar-refractivity contribution < 1.29 is 4.79 Å². The number of aromatic nitrogens is 1. The Morgan fingerprint density at radius 2 is 2.31 bits per heavy atom. The summed E-state index contributed by atoms with van der Waals surface area (Å²) in [6, 6.07) is 1.82. The minimum absolute atomic E-state index is 0.0469. The predicted octanol–water partition coefficient (Wildman–Crippen LogP) is 0.846. The van der Waals surface area contributed by atoms with E-state index in [2.05, 4.69) is 4.98 Å². The largest absolute Gasteiger partial charge is 0.327 e. The molecule has 1 heterocycles. The Kier molecular flexibility index (Phi) is 1.88. The molecule has 0 radical (unpaired) electrons. The summed E-state index contributed by atoms with van der Waals surface area (Å²) < 4.78 is 0. The second kappa shape index (κ2) is 2.92. The SMILES string of the molecule is Cc1ccnc2c1C(=O)CC(N)C2. The summed E-state index contributed by atoms with van der Waals surface area (Å²) in [5.74, 6) is 0.138. The average Bonchev–Trinajstić information content (AvgIpc) is 2.02. The van der Waals surface area contributed by atoms with Crippen molar-refractivity contribution in [2.75, 3.05) is 0 Å². The van der Waals surface area contributed by atoms with Crippen LogP contribution < -0.4 is 5.73 Å². The van der Waals surface area contributed by atoms with Crippen LogP contribution in [0.1, 0.15) is 28.0 Å². The van der Waals surface area contributed by atoms with E-state index in [0.29, 0.717) is 6.42 Å². The zero-order chi connectivity index (χ0) is 9.42. The van der Waals surface area contributed by atoms with Crippen LogP contribution in [0.4, 0.5) is 0 Å². The van der Waals surface area contributed by atoms with Crippen LogP contribution in [0.3, 0.4) is 0 Å². The maximum Gasteiger partial charge on any atom is 0.166 e. The van der Waals surface area contributed by atoms with Crippen LogP contribution in [0.2, 0.25) is 0 Å². The van der Waals surface area contributed by atoms with Gasteiger partial charge in [0.1, 0.15) is 0 Å². The van der Waals surface area contributed by atoms with E-state index in [9.17, 15) is 4.79 Å². The highest BCUT2D eigenvalue weighted by molar-refractivity contribution is 5.99. The maximum atomic E-state index is 11.6. The van der Waals surface area contributed by atoms with Gasteiger partial charge in [-0.2, -0.15) is 0 Å². The lowest BCUT2D eigenvalue weighted by Crippen LogP contribution is -2.32. The number of nitrogens with zero attached hydrogens (tertiary/aromatic N) is 1. The first kappa shape index (κ1) is 8.38. The van der Waals surface area contributed by atoms with Crippen LogP contribution in [0.15, 0.2) is 12.3 Å². The van der Waals surface area contributed by atoms with Crippen LogP contribution >= 0.6 is 0 Å². The molecule has 2 N–H and O–H groups in total. The number of nitrogens with two attached hydrogens (primary N) is 1. The van der Waals surface area contributed by atoms with Crippen LogP contribution in [-0.4, -0.2) is 16.8 Å². The molecule has 1 aromatic rings.